The van der Waals surface area contributed by atoms with E-state index >= 15 is 0 Å². The van der Waals surface area contributed by atoms with Gasteiger partial charge in [-0.05, 0) is 56.3 Å². The highest BCUT2D eigenvalue weighted by atomic mass is 16.1. The van der Waals surface area contributed by atoms with Gasteiger partial charge in [0.25, 0.3) is 0 Å². The number of nitrogens with one attached hydrogen (secondary N) is 2. The van der Waals surface area contributed by atoms with Crippen molar-refractivity contribution in [3.8, 4) is 11.3 Å². The number of aromatic nitrogens is 3. The molecule has 1 fully saturated rings. The number of amides is 1. The molecule has 1 aliphatic rings. The second-order valence-corrected chi connectivity index (χ2v) is 7.30. The maximum Gasteiger partial charge on any atom is 0.248 e. The fourth-order valence-corrected chi connectivity index (χ4v) is 3.67. The van der Waals surface area contributed by atoms with Crippen LogP contribution >= 0.6 is 0 Å². The van der Waals surface area contributed by atoms with Crippen LogP contribution < -0.4 is 16.4 Å². The lowest BCUT2D eigenvalue weighted by atomic mass is 10.1. The molecule has 0 bridgehead atoms. The lowest BCUT2D eigenvalue weighted by Gasteiger charge is -2.22. The first-order valence-electron chi connectivity index (χ1n) is 9.86. The van der Waals surface area contributed by atoms with Crippen LogP contribution in [0.3, 0.4) is 0 Å². The first-order chi connectivity index (χ1) is 14.1. The van der Waals surface area contributed by atoms with Gasteiger partial charge in [0.1, 0.15) is 0 Å². The molecule has 7 nitrogen and oxygen atoms in total. The summed E-state index contributed by atoms with van der Waals surface area (Å²) in [7, 11) is 1.99. The standard InChI is InChI=1S/C22H26N6O/c1-27-17(7-9-22(29)26-20-5-3-2-4-19(20)23)6-8-21(27)16-14-25-28(15-16)18-10-12-24-13-11-18/h2-9,14-15,18,24H,10-13,23H2,1H3,(H,26,29). The zero-order valence-corrected chi connectivity index (χ0v) is 16.5. The Balaban J connectivity index is 1.46. The van der Waals surface area contributed by atoms with Crippen LogP contribution in [0.2, 0.25) is 0 Å². The summed E-state index contributed by atoms with van der Waals surface area (Å²) in [5.41, 5.74) is 10.1. The third-order valence-corrected chi connectivity index (χ3v) is 5.36. The number of carbonyl (C=O) groups excluding carboxylic acids is 1. The van der Waals surface area contributed by atoms with Crippen molar-refractivity contribution in [2.45, 2.75) is 18.9 Å². The molecule has 2 aromatic heterocycles. The Kier molecular flexibility index (Phi) is 5.48. The van der Waals surface area contributed by atoms with Crippen LogP contribution in [0.4, 0.5) is 11.4 Å². The summed E-state index contributed by atoms with van der Waals surface area (Å²) >= 11 is 0. The van der Waals surface area contributed by atoms with Crippen molar-refractivity contribution in [3.63, 3.8) is 0 Å². The number of benzene rings is 1. The molecule has 0 spiro atoms. The minimum absolute atomic E-state index is 0.218. The number of nitrogens with zero attached hydrogens (tertiary/aromatic N) is 3. The van der Waals surface area contributed by atoms with E-state index in [4.69, 9.17) is 5.73 Å². The lowest BCUT2D eigenvalue weighted by molar-refractivity contribution is -0.111. The molecule has 1 aliphatic heterocycles. The molecule has 4 N–H and O–H groups in total. The summed E-state index contributed by atoms with van der Waals surface area (Å²) in [6.07, 6.45) is 9.55. The van der Waals surface area contributed by atoms with Gasteiger partial charge in [0, 0.05) is 30.6 Å². The lowest BCUT2D eigenvalue weighted by Crippen LogP contribution is -2.29. The molecule has 0 atom stereocenters. The van der Waals surface area contributed by atoms with Crippen LogP contribution in [0.5, 0.6) is 0 Å². The van der Waals surface area contributed by atoms with Gasteiger partial charge in [0.05, 0.1) is 29.3 Å². The van der Waals surface area contributed by atoms with Gasteiger partial charge in [-0.15, -0.1) is 0 Å². The summed E-state index contributed by atoms with van der Waals surface area (Å²) in [5, 5.41) is 10.8. The van der Waals surface area contributed by atoms with E-state index in [1.807, 2.05) is 31.4 Å². The SMILES string of the molecule is Cn1c(C=CC(=O)Nc2ccccc2N)ccc1-c1cnn(C2CCNCC2)c1. The molecule has 4 rings (SSSR count). The summed E-state index contributed by atoms with van der Waals surface area (Å²) in [6, 6.07) is 11.7. The number of nitrogens with two attached hydrogens (primary N) is 1. The Morgan fingerprint density at radius 1 is 1.24 bits per heavy atom. The van der Waals surface area contributed by atoms with E-state index in [2.05, 4.69) is 37.2 Å². The largest absolute Gasteiger partial charge is 0.397 e. The monoisotopic (exact) mass is 390 g/mol. The fraction of sp³-hybridized carbons (Fsp3) is 0.273. The van der Waals surface area contributed by atoms with E-state index in [9.17, 15) is 4.79 Å². The van der Waals surface area contributed by atoms with Crippen LogP contribution in [-0.2, 0) is 11.8 Å². The Bertz CT molecular complexity index is 1030. The maximum atomic E-state index is 12.2. The molecule has 1 amide bonds. The second kappa shape index (κ2) is 8.36. The average molecular weight is 390 g/mol. The molecule has 0 radical (unpaired) electrons. The molecule has 29 heavy (non-hydrogen) atoms. The molecule has 1 aromatic carbocycles. The molecule has 0 aliphatic carbocycles. The number of nitrogen functional groups attached to an aromatic ring is 1. The van der Waals surface area contributed by atoms with Gasteiger partial charge < -0.3 is 20.9 Å². The van der Waals surface area contributed by atoms with Crippen molar-refractivity contribution < 1.29 is 4.79 Å². The molecule has 1 saturated heterocycles. The average Bonchev–Trinajstić information content (AvgIpc) is 3.36. The predicted octanol–water partition coefficient (Wildman–Crippen LogP) is 3.05. The summed E-state index contributed by atoms with van der Waals surface area (Å²) < 4.78 is 4.14. The highest BCUT2D eigenvalue weighted by molar-refractivity contribution is 6.03. The van der Waals surface area contributed by atoms with Crippen molar-refractivity contribution in [3.05, 3.63) is 60.6 Å². The number of carbonyl (C=O) groups is 1. The van der Waals surface area contributed by atoms with Gasteiger partial charge in [0.2, 0.25) is 5.91 Å². The van der Waals surface area contributed by atoms with E-state index in [0.717, 1.165) is 42.9 Å². The number of piperidine rings is 1. The zero-order valence-electron chi connectivity index (χ0n) is 16.5. The number of rotatable bonds is 5. The highest BCUT2D eigenvalue weighted by Gasteiger charge is 2.17. The van der Waals surface area contributed by atoms with Gasteiger partial charge in [-0.1, -0.05) is 12.1 Å². The molecular weight excluding hydrogens is 364 g/mol. The first kappa shape index (κ1) is 19.0. The molecule has 7 heteroatoms. The van der Waals surface area contributed by atoms with E-state index in [1.54, 1.807) is 18.2 Å². The van der Waals surface area contributed by atoms with Crippen LogP contribution in [0.15, 0.2) is 54.9 Å². The van der Waals surface area contributed by atoms with Crippen molar-refractivity contribution in [2.75, 3.05) is 24.1 Å². The predicted molar refractivity (Wildman–Crippen MR) is 116 cm³/mol. The van der Waals surface area contributed by atoms with E-state index < -0.39 is 0 Å². The van der Waals surface area contributed by atoms with E-state index in [-0.39, 0.29) is 5.91 Å². The van der Waals surface area contributed by atoms with Gasteiger partial charge in [-0.25, -0.2) is 0 Å². The Hall–Kier alpha value is -3.32. The highest BCUT2D eigenvalue weighted by Crippen LogP contribution is 2.25. The Morgan fingerprint density at radius 3 is 2.83 bits per heavy atom. The summed E-state index contributed by atoms with van der Waals surface area (Å²) in [5.74, 6) is -0.218. The molecule has 0 saturated carbocycles. The fourth-order valence-electron chi connectivity index (χ4n) is 3.67. The smallest absolute Gasteiger partial charge is 0.248 e. The summed E-state index contributed by atoms with van der Waals surface area (Å²) in [6.45, 7) is 2.07. The topological polar surface area (TPSA) is 89.9 Å². The number of anilines is 2. The van der Waals surface area contributed by atoms with Crippen molar-refractivity contribution in [1.29, 1.82) is 0 Å². The Morgan fingerprint density at radius 2 is 2.03 bits per heavy atom. The van der Waals surface area contributed by atoms with Crippen molar-refractivity contribution in [1.82, 2.24) is 19.7 Å². The Labute approximate surface area is 170 Å². The van der Waals surface area contributed by atoms with Crippen molar-refractivity contribution >= 4 is 23.4 Å². The number of hydrogen-bond donors (Lipinski definition) is 3. The quantitative estimate of drug-likeness (QED) is 0.461. The number of hydrogen-bond acceptors (Lipinski definition) is 4. The minimum Gasteiger partial charge on any atom is -0.397 e. The van der Waals surface area contributed by atoms with Gasteiger partial charge in [0.15, 0.2) is 0 Å². The van der Waals surface area contributed by atoms with E-state index in [0.29, 0.717) is 17.4 Å². The van der Waals surface area contributed by atoms with Gasteiger partial charge in [-0.2, -0.15) is 5.10 Å². The van der Waals surface area contributed by atoms with Gasteiger partial charge >= 0.3 is 0 Å². The third kappa shape index (κ3) is 4.25. The van der Waals surface area contributed by atoms with Gasteiger partial charge in [-0.3, -0.25) is 9.48 Å². The zero-order chi connectivity index (χ0) is 20.2. The summed E-state index contributed by atoms with van der Waals surface area (Å²) in [4.78, 5) is 12.2. The molecule has 3 heterocycles. The van der Waals surface area contributed by atoms with E-state index in [1.165, 1.54) is 6.08 Å². The van der Waals surface area contributed by atoms with Crippen LogP contribution in [0, 0.1) is 0 Å². The van der Waals surface area contributed by atoms with Crippen LogP contribution in [-0.4, -0.2) is 33.3 Å². The van der Waals surface area contributed by atoms with Crippen LogP contribution in [0.1, 0.15) is 24.6 Å². The third-order valence-electron chi connectivity index (χ3n) is 5.36. The van der Waals surface area contributed by atoms with Crippen LogP contribution in [0.25, 0.3) is 17.3 Å². The van der Waals surface area contributed by atoms with Crippen molar-refractivity contribution in [2.24, 2.45) is 7.05 Å². The normalized spacial score (nSPS) is 15.1. The minimum atomic E-state index is -0.218. The molecule has 3 aromatic rings. The maximum absolute atomic E-state index is 12.2. The molecule has 150 valence electrons. The molecule has 0 unspecified atom stereocenters. The second-order valence-electron chi connectivity index (χ2n) is 7.30. The number of para-hydroxylation sites is 2. The first-order valence-corrected chi connectivity index (χ1v) is 9.86. The molecular formula is C22H26N6O.